The Balaban J connectivity index is 3.05. The van der Waals surface area contributed by atoms with E-state index in [1.54, 1.807) is 0 Å². The van der Waals surface area contributed by atoms with E-state index in [1.807, 2.05) is 0 Å². The summed E-state index contributed by atoms with van der Waals surface area (Å²) in [5.74, 6) is -4.13. The van der Waals surface area contributed by atoms with E-state index in [0.717, 1.165) is 0 Å². The fourth-order valence-electron chi connectivity index (χ4n) is 1.86. The molecule has 0 aromatic carbocycles. The van der Waals surface area contributed by atoms with Crippen LogP contribution in [0.25, 0.3) is 0 Å². The van der Waals surface area contributed by atoms with E-state index in [4.69, 9.17) is 5.11 Å². The lowest BCUT2D eigenvalue weighted by Gasteiger charge is -2.29. The molecule has 1 fully saturated rings. The van der Waals surface area contributed by atoms with Gasteiger partial charge in [-0.1, -0.05) is 13.8 Å². The highest BCUT2D eigenvalue weighted by Gasteiger charge is 2.61. The molecule has 0 saturated carbocycles. The zero-order valence-corrected chi connectivity index (χ0v) is 7.84. The van der Waals surface area contributed by atoms with Crippen LogP contribution in [0.15, 0.2) is 0 Å². The number of carboxylic acids is 1. The van der Waals surface area contributed by atoms with Crippen molar-refractivity contribution >= 4 is 5.97 Å². The van der Waals surface area contributed by atoms with Crippen LogP contribution in [-0.4, -0.2) is 41.5 Å². The van der Waals surface area contributed by atoms with Gasteiger partial charge in [0.25, 0.3) is 5.92 Å². The number of hydrogen-bond donors (Lipinski definition) is 1. The van der Waals surface area contributed by atoms with Crippen LogP contribution in [0.5, 0.6) is 0 Å². The van der Waals surface area contributed by atoms with Crippen LogP contribution in [0, 0.1) is 5.41 Å². The van der Waals surface area contributed by atoms with E-state index in [-0.39, 0.29) is 0 Å². The van der Waals surface area contributed by atoms with Crippen molar-refractivity contribution in [1.29, 1.82) is 0 Å². The lowest BCUT2D eigenvalue weighted by Crippen LogP contribution is -2.45. The molecular weight excluding hydrogens is 180 g/mol. The monoisotopic (exact) mass is 193 g/mol. The van der Waals surface area contributed by atoms with Gasteiger partial charge in [-0.15, -0.1) is 0 Å². The summed E-state index contributed by atoms with van der Waals surface area (Å²) in [6, 6.07) is -1.11. The predicted octanol–water partition coefficient (Wildman–Crippen LogP) is 1.05. The normalized spacial score (nSPS) is 31.9. The van der Waals surface area contributed by atoms with Crippen LogP contribution in [0.4, 0.5) is 8.78 Å². The van der Waals surface area contributed by atoms with Gasteiger partial charge < -0.3 is 5.11 Å². The fourth-order valence-corrected chi connectivity index (χ4v) is 1.86. The zero-order chi connectivity index (χ0) is 10.4. The number of halogens is 2. The molecule has 0 bridgehead atoms. The van der Waals surface area contributed by atoms with Crippen LogP contribution < -0.4 is 0 Å². The van der Waals surface area contributed by atoms with Crippen molar-refractivity contribution in [3.63, 3.8) is 0 Å². The smallest absolute Gasteiger partial charge is 0.321 e. The summed E-state index contributed by atoms with van der Waals surface area (Å²) >= 11 is 0. The number of hydrogen-bond acceptors (Lipinski definition) is 2. The molecule has 1 aliphatic heterocycles. The first kappa shape index (κ1) is 10.4. The molecular formula is C8H13F2NO2. The van der Waals surface area contributed by atoms with Crippen molar-refractivity contribution in [1.82, 2.24) is 4.90 Å². The first-order chi connectivity index (χ1) is 5.70. The van der Waals surface area contributed by atoms with E-state index in [0.29, 0.717) is 0 Å². The highest BCUT2D eigenvalue weighted by molar-refractivity contribution is 5.75. The number of nitrogens with zero attached hydrogens (tertiary/aromatic N) is 1. The summed E-state index contributed by atoms with van der Waals surface area (Å²) in [5.41, 5.74) is -1.51. The Morgan fingerprint density at radius 2 is 2.00 bits per heavy atom. The average Bonchev–Trinajstić information content (AvgIpc) is 1.96. The second-order valence-electron chi connectivity index (χ2n) is 4.08. The largest absolute Gasteiger partial charge is 0.480 e. The Morgan fingerprint density at radius 1 is 1.54 bits per heavy atom. The van der Waals surface area contributed by atoms with Gasteiger partial charge in [-0.25, -0.2) is 8.78 Å². The lowest BCUT2D eigenvalue weighted by molar-refractivity contribution is -0.148. The summed E-state index contributed by atoms with van der Waals surface area (Å²) in [4.78, 5) is 11.9. The van der Waals surface area contributed by atoms with Gasteiger partial charge in [0.2, 0.25) is 0 Å². The third-order valence-electron chi connectivity index (χ3n) is 2.75. The summed E-state index contributed by atoms with van der Waals surface area (Å²) in [7, 11) is 1.40. The van der Waals surface area contributed by atoms with Crippen molar-refractivity contribution in [3.8, 4) is 0 Å². The Hall–Kier alpha value is -0.710. The number of likely N-dealkylation sites (tertiary alicyclic amines) is 1. The van der Waals surface area contributed by atoms with Gasteiger partial charge in [-0.2, -0.15) is 0 Å². The van der Waals surface area contributed by atoms with Gasteiger partial charge in [0.15, 0.2) is 0 Å². The van der Waals surface area contributed by atoms with Crippen LogP contribution in [0.1, 0.15) is 13.8 Å². The van der Waals surface area contributed by atoms with Gasteiger partial charge in [0.1, 0.15) is 6.04 Å². The topological polar surface area (TPSA) is 40.5 Å². The highest BCUT2D eigenvalue weighted by atomic mass is 19.3. The van der Waals surface area contributed by atoms with E-state index >= 15 is 0 Å². The molecule has 1 aliphatic rings. The summed E-state index contributed by atoms with van der Waals surface area (Å²) in [6.45, 7) is 2.08. The zero-order valence-electron chi connectivity index (χ0n) is 7.84. The van der Waals surface area contributed by atoms with Crippen LogP contribution in [0.2, 0.25) is 0 Å². The third-order valence-corrected chi connectivity index (χ3v) is 2.75. The molecule has 1 rings (SSSR count). The number of alkyl halides is 2. The van der Waals surface area contributed by atoms with Crippen LogP contribution >= 0.6 is 0 Å². The van der Waals surface area contributed by atoms with Gasteiger partial charge in [0, 0.05) is 0 Å². The maximum atomic E-state index is 13.3. The van der Waals surface area contributed by atoms with Crippen LogP contribution in [0.3, 0.4) is 0 Å². The molecule has 1 saturated heterocycles. The molecule has 0 radical (unpaired) electrons. The minimum absolute atomic E-state index is 0.489. The Bertz CT molecular complexity index is 240. The van der Waals surface area contributed by atoms with Crippen molar-refractivity contribution in [3.05, 3.63) is 0 Å². The second kappa shape index (κ2) is 2.64. The Labute approximate surface area is 75.3 Å². The minimum atomic E-state index is -2.94. The SMILES string of the molecule is CN1CC(F)(F)C(C)(C)C1C(=O)O. The molecule has 0 aromatic rings. The average molecular weight is 193 g/mol. The number of carbonyl (C=O) groups is 1. The second-order valence-corrected chi connectivity index (χ2v) is 4.08. The molecule has 0 spiro atoms. The van der Waals surface area contributed by atoms with Crippen LogP contribution in [-0.2, 0) is 4.79 Å². The standard InChI is InChI=1S/C8H13F2NO2/c1-7(2)5(6(12)13)11(3)4-8(7,9)10/h5H,4H2,1-3H3,(H,12,13). The molecule has 13 heavy (non-hydrogen) atoms. The molecule has 1 heterocycles. The van der Waals surface area contributed by atoms with E-state index < -0.39 is 29.9 Å². The number of aliphatic carboxylic acids is 1. The van der Waals surface area contributed by atoms with Crippen molar-refractivity contribution < 1.29 is 18.7 Å². The van der Waals surface area contributed by atoms with Crippen molar-refractivity contribution in [2.45, 2.75) is 25.8 Å². The molecule has 5 heteroatoms. The third kappa shape index (κ3) is 1.31. The molecule has 76 valence electrons. The minimum Gasteiger partial charge on any atom is -0.480 e. The van der Waals surface area contributed by atoms with Gasteiger partial charge in [-0.05, 0) is 7.05 Å². The van der Waals surface area contributed by atoms with E-state index in [2.05, 4.69) is 0 Å². The molecule has 1 unspecified atom stereocenters. The Kier molecular flexibility index (Phi) is 2.10. The van der Waals surface area contributed by atoms with E-state index in [9.17, 15) is 13.6 Å². The van der Waals surface area contributed by atoms with Gasteiger partial charge in [0.05, 0.1) is 12.0 Å². The fraction of sp³-hybridized carbons (Fsp3) is 0.875. The predicted molar refractivity (Wildman–Crippen MR) is 42.8 cm³/mol. The quantitative estimate of drug-likeness (QED) is 0.676. The molecule has 1 N–H and O–H groups in total. The molecule has 0 amide bonds. The molecule has 1 atom stereocenters. The van der Waals surface area contributed by atoms with Gasteiger partial charge in [-0.3, -0.25) is 9.69 Å². The number of likely N-dealkylation sites (N-methyl/N-ethyl adjacent to an activating group) is 1. The summed E-state index contributed by atoms with van der Waals surface area (Å²) in [6.07, 6.45) is 0. The van der Waals surface area contributed by atoms with Crippen molar-refractivity contribution in [2.75, 3.05) is 13.6 Å². The van der Waals surface area contributed by atoms with Crippen molar-refractivity contribution in [2.24, 2.45) is 5.41 Å². The lowest BCUT2D eigenvalue weighted by atomic mass is 9.82. The number of carboxylic acid groups (broad SMARTS) is 1. The summed E-state index contributed by atoms with van der Waals surface area (Å²) in [5, 5.41) is 8.78. The molecule has 3 nitrogen and oxygen atoms in total. The highest BCUT2D eigenvalue weighted by Crippen LogP contribution is 2.46. The first-order valence-electron chi connectivity index (χ1n) is 4.01. The Morgan fingerprint density at radius 3 is 2.15 bits per heavy atom. The van der Waals surface area contributed by atoms with Gasteiger partial charge >= 0.3 is 5.97 Å². The van der Waals surface area contributed by atoms with E-state index in [1.165, 1.54) is 25.8 Å². The maximum Gasteiger partial charge on any atom is 0.321 e. The first-order valence-corrected chi connectivity index (χ1v) is 4.01. The molecule has 0 aromatic heterocycles. The number of rotatable bonds is 1. The molecule has 0 aliphatic carbocycles. The maximum absolute atomic E-state index is 13.3. The summed E-state index contributed by atoms with van der Waals surface area (Å²) < 4.78 is 26.6.